The van der Waals surface area contributed by atoms with Gasteiger partial charge in [-0.05, 0) is 23.5 Å². The molecule has 0 aliphatic carbocycles. The van der Waals surface area contributed by atoms with Crippen molar-refractivity contribution in [3.63, 3.8) is 0 Å². The van der Waals surface area contributed by atoms with E-state index in [4.69, 9.17) is 9.47 Å². The van der Waals surface area contributed by atoms with Crippen LogP contribution in [0.25, 0.3) is 10.4 Å². The van der Waals surface area contributed by atoms with Gasteiger partial charge in [0.05, 0.1) is 48.6 Å². The zero-order valence-electron chi connectivity index (χ0n) is 28.4. The van der Waals surface area contributed by atoms with E-state index in [0.717, 1.165) is 54.4 Å². The van der Waals surface area contributed by atoms with Gasteiger partial charge in [0.25, 0.3) is 0 Å². The number of aliphatic hydroxyl groups excluding tert-OH is 1. The fourth-order valence-corrected chi connectivity index (χ4v) is 6.44. The van der Waals surface area contributed by atoms with Crippen LogP contribution >= 0.6 is 36.2 Å². The number of hydrogen-bond donors (Lipinski definition) is 4. The molecule has 3 atom stereocenters. The lowest BCUT2D eigenvalue weighted by atomic mass is 9.85. The molecule has 0 spiro atoms. The minimum Gasteiger partial charge on any atom is -0.391 e. The first-order valence-corrected chi connectivity index (χ1v) is 17.0. The molecule has 15 heteroatoms. The average molecular weight is 732 g/mol. The molecule has 270 valence electrons. The van der Waals surface area contributed by atoms with Crippen molar-refractivity contribution in [2.75, 3.05) is 65.7 Å². The molecule has 2 aromatic rings. The smallest absolute Gasteiger partial charge is 0.246 e. The number of thiazole rings is 1. The number of likely N-dealkylation sites (tertiary alicyclic amines) is 1. The second kappa shape index (κ2) is 20.3. The van der Waals surface area contributed by atoms with E-state index in [9.17, 15) is 19.5 Å². The van der Waals surface area contributed by atoms with Gasteiger partial charge >= 0.3 is 0 Å². The third-order valence-corrected chi connectivity index (χ3v) is 9.30. The monoisotopic (exact) mass is 730 g/mol. The van der Waals surface area contributed by atoms with Crippen LogP contribution < -0.4 is 16.0 Å². The zero-order valence-corrected chi connectivity index (χ0v) is 30.8. The Hall–Kier alpha value is -2.36. The maximum atomic E-state index is 13.8. The second-order valence-corrected chi connectivity index (χ2v) is 13.9. The highest BCUT2D eigenvalue weighted by Crippen LogP contribution is 2.28. The molecule has 1 aromatic carbocycles. The number of hydrogen-bond acceptors (Lipinski definition) is 10. The van der Waals surface area contributed by atoms with Gasteiger partial charge in [0.15, 0.2) is 0 Å². The Balaban J connectivity index is 0.00000400. The number of nitrogens with one attached hydrogen (secondary N) is 3. The summed E-state index contributed by atoms with van der Waals surface area (Å²) in [6.45, 7) is 14.5. The molecule has 0 unspecified atom stereocenters. The molecule has 3 heterocycles. The van der Waals surface area contributed by atoms with Gasteiger partial charge in [-0.2, -0.15) is 0 Å². The summed E-state index contributed by atoms with van der Waals surface area (Å²) >= 11 is 1.58. The van der Waals surface area contributed by atoms with E-state index in [-0.39, 0.29) is 75.1 Å². The molecule has 1 aromatic heterocycles. The number of aliphatic hydroxyl groups is 1. The average Bonchev–Trinajstić information content (AvgIpc) is 3.65. The molecule has 4 rings (SSSR count). The summed E-state index contributed by atoms with van der Waals surface area (Å²) in [6, 6.07) is 6.20. The predicted octanol–water partition coefficient (Wildman–Crippen LogP) is 2.40. The summed E-state index contributed by atoms with van der Waals surface area (Å²) in [6.07, 6.45) is -0.600. The highest BCUT2D eigenvalue weighted by Gasteiger charge is 2.44. The molecule has 12 nitrogen and oxygen atoms in total. The van der Waals surface area contributed by atoms with Crippen LogP contribution in [0.4, 0.5) is 0 Å². The number of ether oxygens (including phenoxy) is 2. The topological polar surface area (TPSA) is 145 Å². The van der Waals surface area contributed by atoms with Crippen molar-refractivity contribution in [1.82, 2.24) is 30.7 Å². The van der Waals surface area contributed by atoms with Crippen LogP contribution in [0.1, 0.15) is 44.9 Å². The van der Waals surface area contributed by atoms with Crippen molar-refractivity contribution in [3.8, 4) is 10.4 Å². The van der Waals surface area contributed by atoms with Gasteiger partial charge in [0.1, 0.15) is 12.1 Å². The number of amides is 3. The van der Waals surface area contributed by atoms with E-state index in [1.54, 1.807) is 11.3 Å². The first-order chi connectivity index (χ1) is 22.0. The lowest BCUT2D eigenvalue weighted by Crippen LogP contribution is -2.57. The van der Waals surface area contributed by atoms with Gasteiger partial charge < -0.3 is 35.4 Å². The van der Waals surface area contributed by atoms with Crippen LogP contribution in [0, 0.1) is 12.3 Å². The quantitative estimate of drug-likeness (QED) is 0.203. The van der Waals surface area contributed by atoms with E-state index in [2.05, 4.69) is 25.8 Å². The van der Waals surface area contributed by atoms with E-state index in [1.807, 2.05) is 57.5 Å². The van der Waals surface area contributed by atoms with Gasteiger partial charge in [-0.15, -0.1) is 36.2 Å². The number of aromatic nitrogens is 1. The van der Waals surface area contributed by atoms with Crippen LogP contribution in [0.15, 0.2) is 29.8 Å². The molecule has 4 N–H and O–H groups in total. The van der Waals surface area contributed by atoms with E-state index >= 15 is 0 Å². The Morgan fingerprint density at radius 1 is 1.06 bits per heavy atom. The van der Waals surface area contributed by atoms with Crippen LogP contribution in [0.5, 0.6) is 0 Å². The standard InChI is InChI=1S/C33H50N6O6S.2ClH/c1-23-29(46-22-36-23)25-7-5-24(6-8-25)20-35-31(42)27-19-26(40)21-39(27)32(43)30(33(2,3)4)37-28(41)9-15-44-17-18-45-16-14-38-12-10-34-11-13-38;;/h5-8,22,26-27,30,34,40H,9-21H2,1-4H3,(H,35,42)(H,37,41);2*1H/t26-,27+,30-;;/m1../s1. The molecule has 2 aliphatic rings. The molecule has 3 amide bonds. The molecule has 2 saturated heterocycles. The molecule has 2 aliphatic heterocycles. The number of rotatable bonds is 15. The Morgan fingerprint density at radius 3 is 2.35 bits per heavy atom. The van der Waals surface area contributed by atoms with Crippen LogP contribution in [-0.2, 0) is 30.4 Å². The Labute approximate surface area is 300 Å². The number of halogens is 2. The number of carbonyl (C=O) groups excluding carboxylic acids is 3. The first kappa shape index (κ1) is 41.8. The predicted molar refractivity (Wildman–Crippen MR) is 192 cm³/mol. The molecule has 0 saturated carbocycles. The normalized spacial score (nSPS) is 18.8. The number of piperazine rings is 1. The number of β-amino-alcohol motifs (C(OH)–C–C–N with tert-alkyl or cyclic N) is 1. The lowest BCUT2D eigenvalue weighted by Gasteiger charge is -2.35. The van der Waals surface area contributed by atoms with Crippen LogP contribution in [-0.4, -0.2) is 121 Å². The van der Waals surface area contributed by atoms with Crippen LogP contribution in [0.3, 0.4) is 0 Å². The highest BCUT2D eigenvalue weighted by atomic mass is 35.5. The molecule has 48 heavy (non-hydrogen) atoms. The van der Waals surface area contributed by atoms with Gasteiger partial charge in [0, 0.05) is 58.7 Å². The minimum absolute atomic E-state index is 0. The molecule has 2 fully saturated rings. The van der Waals surface area contributed by atoms with Gasteiger partial charge in [-0.3, -0.25) is 19.3 Å². The third kappa shape index (κ3) is 12.5. The van der Waals surface area contributed by atoms with Gasteiger partial charge in [-0.1, -0.05) is 45.0 Å². The Bertz CT molecular complexity index is 1290. The van der Waals surface area contributed by atoms with Crippen molar-refractivity contribution >= 4 is 53.9 Å². The Kier molecular flexibility index (Phi) is 17.7. The van der Waals surface area contributed by atoms with Crippen molar-refractivity contribution in [1.29, 1.82) is 0 Å². The first-order valence-electron chi connectivity index (χ1n) is 16.2. The molecular weight excluding hydrogens is 679 g/mol. The maximum Gasteiger partial charge on any atom is 0.246 e. The maximum absolute atomic E-state index is 13.8. The summed E-state index contributed by atoms with van der Waals surface area (Å²) in [7, 11) is 0. The number of nitrogens with zero attached hydrogens (tertiary/aromatic N) is 3. The largest absolute Gasteiger partial charge is 0.391 e. The summed E-state index contributed by atoms with van der Waals surface area (Å²) in [5.41, 5.74) is 4.16. The molecule has 0 radical (unpaired) electrons. The number of benzene rings is 1. The van der Waals surface area contributed by atoms with E-state index in [0.29, 0.717) is 19.8 Å². The summed E-state index contributed by atoms with van der Waals surface area (Å²) in [4.78, 5) is 49.1. The SMILES string of the molecule is Cc1ncsc1-c1ccc(CNC(=O)[C@@H]2C[C@@H](O)CN2C(=O)[C@@H](NC(=O)CCOCCOCCN2CCNCC2)C(C)(C)C)cc1.Cl.Cl. The number of carbonyl (C=O) groups is 3. The zero-order chi connectivity index (χ0) is 33.1. The van der Waals surface area contributed by atoms with Gasteiger partial charge in [0.2, 0.25) is 17.7 Å². The van der Waals surface area contributed by atoms with Crippen molar-refractivity contribution in [3.05, 3.63) is 41.0 Å². The second-order valence-electron chi connectivity index (χ2n) is 13.0. The van der Waals surface area contributed by atoms with Gasteiger partial charge in [-0.25, -0.2) is 4.98 Å². The summed E-state index contributed by atoms with van der Waals surface area (Å²) < 4.78 is 11.2. The molecule has 0 bridgehead atoms. The minimum atomic E-state index is -0.878. The third-order valence-electron chi connectivity index (χ3n) is 8.32. The summed E-state index contributed by atoms with van der Waals surface area (Å²) in [5.74, 6) is -1.04. The van der Waals surface area contributed by atoms with Crippen molar-refractivity contribution in [2.24, 2.45) is 5.41 Å². The fourth-order valence-electron chi connectivity index (χ4n) is 5.63. The highest BCUT2D eigenvalue weighted by molar-refractivity contribution is 7.13. The Morgan fingerprint density at radius 2 is 1.73 bits per heavy atom. The summed E-state index contributed by atoms with van der Waals surface area (Å²) in [5, 5.41) is 19.6. The van der Waals surface area contributed by atoms with E-state index < -0.39 is 23.6 Å². The van der Waals surface area contributed by atoms with Crippen molar-refractivity contribution < 1.29 is 29.0 Å². The van der Waals surface area contributed by atoms with Crippen LogP contribution in [0.2, 0.25) is 0 Å². The van der Waals surface area contributed by atoms with Crippen molar-refractivity contribution in [2.45, 2.75) is 65.3 Å². The van der Waals surface area contributed by atoms with E-state index in [1.165, 1.54) is 4.90 Å². The lowest BCUT2D eigenvalue weighted by molar-refractivity contribution is -0.144. The number of aryl methyl sites for hydroxylation is 1. The fraction of sp³-hybridized carbons (Fsp3) is 0.636. The molecular formula is C33H52Cl2N6O6S.